The van der Waals surface area contributed by atoms with E-state index in [2.05, 4.69) is 48.5 Å². The van der Waals surface area contributed by atoms with Crippen molar-refractivity contribution in [3.8, 4) is 0 Å². The summed E-state index contributed by atoms with van der Waals surface area (Å²) in [5, 5.41) is 12.1. The number of fused-ring (bicyclic) bond motifs is 2. The van der Waals surface area contributed by atoms with Crippen LogP contribution >= 0.6 is 0 Å². The largest absolute Gasteiger partial charge is 0.446 e. The van der Waals surface area contributed by atoms with E-state index in [1.54, 1.807) is 12.0 Å². The topological polar surface area (TPSA) is 111 Å². The number of aliphatic hydroxyl groups excluding tert-OH is 1. The fraction of sp³-hybridized carbons (Fsp3) is 0.944. The second-order valence-corrected chi connectivity index (χ2v) is 17.4. The molecule has 2 amide bonds. The van der Waals surface area contributed by atoms with Crippen molar-refractivity contribution in [2.75, 3.05) is 20.2 Å². The number of hydrogen-bond donors (Lipinski definition) is 2. The van der Waals surface area contributed by atoms with E-state index in [4.69, 9.17) is 19.9 Å². The minimum atomic E-state index is -0.655. The maximum Gasteiger partial charge on any atom is 0.410 e. The van der Waals surface area contributed by atoms with Crippen LogP contribution in [0.3, 0.4) is 0 Å². The van der Waals surface area contributed by atoms with E-state index < -0.39 is 6.09 Å². The van der Waals surface area contributed by atoms with E-state index >= 15 is 0 Å². The zero-order valence-corrected chi connectivity index (χ0v) is 28.7. The lowest BCUT2D eigenvalue weighted by Crippen LogP contribution is -2.60. The lowest BCUT2D eigenvalue weighted by molar-refractivity contribution is -0.182. The predicted molar refractivity (Wildman–Crippen MR) is 169 cm³/mol. The first-order valence-corrected chi connectivity index (χ1v) is 17.7. The van der Waals surface area contributed by atoms with Crippen LogP contribution in [0.25, 0.3) is 0 Å². The van der Waals surface area contributed by atoms with Crippen LogP contribution in [0.4, 0.5) is 9.59 Å². The number of carbonyl (C=O) groups is 2. The third-order valence-electron chi connectivity index (χ3n) is 15.4. The van der Waals surface area contributed by atoms with Crippen molar-refractivity contribution in [3.63, 3.8) is 0 Å². The van der Waals surface area contributed by atoms with Crippen LogP contribution in [0.15, 0.2) is 0 Å². The van der Waals surface area contributed by atoms with Crippen molar-refractivity contribution in [3.05, 3.63) is 0 Å². The molecule has 1 aliphatic heterocycles. The first kappa shape index (κ1) is 32.4. The number of ether oxygens (including phenoxy) is 3. The molecular formula is C36H60N2O6. The molecule has 6 rings (SSSR count). The molecule has 0 bridgehead atoms. The van der Waals surface area contributed by atoms with E-state index in [1.807, 2.05) is 0 Å². The molecule has 2 spiro atoms. The standard InChI is InChI=1S/C36H60N2O6/c1-21(2)29(44-31(41)38-16-9-17-38)24(42-8)18-22(3)23-19-27(39)34(7)26-11-10-25-32(4,5)28(43-30(37)40)12-13-35(25)20-36(26,35)15-14-33(23,34)6/h21-29,39H,9-20H2,1-8H3,(H2,37,40)/t22-,23-,24?,25+,26?,27+,28?,29?,33?,34?,35?,36?/m1/s1. The molecule has 250 valence electrons. The summed E-state index contributed by atoms with van der Waals surface area (Å²) in [6, 6.07) is 0. The van der Waals surface area contributed by atoms with E-state index in [9.17, 15) is 14.7 Å². The Kier molecular flexibility index (Phi) is 7.92. The van der Waals surface area contributed by atoms with E-state index in [0.29, 0.717) is 23.7 Å². The first-order valence-electron chi connectivity index (χ1n) is 17.7. The summed E-state index contributed by atoms with van der Waals surface area (Å²) in [7, 11) is 1.75. The molecule has 6 aliphatic rings. The van der Waals surface area contributed by atoms with E-state index in [1.165, 1.54) is 12.8 Å². The lowest BCUT2D eigenvalue weighted by atomic mass is 9.41. The zero-order chi connectivity index (χ0) is 32.0. The Hall–Kier alpha value is -1.54. The summed E-state index contributed by atoms with van der Waals surface area (Å²) in [6.07, 6.45) is 8.74. The molecule has 0 aromatic rings. The van der Waals surface area contributed by atoms with Crippen LogP contribution in [0.5, 0.6) is 0 Å². The average molecular weight is 617 g/mol. The van der Waals surface area contributed by atoms with Crippen LogP contribution in [0.2, 0.25) is 0 Å². The van der Waals surface area contributed by atoms with Gasteiger partial charge in [-0.05, 0) is 110 Å². The number of methoxy groups -OCH3 is 1. The summed E-state index contributed by atoms with van der Waals surface area (Å²) in [6.45, 7) is 17.6. The highest BCUT2D eigenvalue weighted by atomic mass is 16.6. The average Bonchev–Trinajstić information content (AvgIpc) is 3.53. The highest BCUT2D eigenvalue weighted by Crippen LogP contribution is 2.89. The van der Waals surface area contributed by atoms with Crippen LogP contribution in [-0.2, 0) is 14.2 Å². The van der Waals surface area contributed by atoms with Gasteiger partial charge in [0.05, 0.1) is 12.2 Å². The Morgan fingerprint density at radius 3 is 2.23 bits per heavy atom. The minimum absolute atomic E-state index is 0.0279. The van der Waals surface area contributed by atoms with Gasteiger partial charge in [-0.1, -0.05) is 48.5 Å². The molecule has 0 radical (unpaired) electrons. The maximum absolute atomic E-state index is 12.8. The molecule has 44 heavy (non-hydrogen) atoms. The maximum atomic E-state index is 12.8. The Morgan fingerprint density at radius 1 is 0.977 bits per heavy atom. The van der Waals surface area contributed by atoms with Gasteiger partial charge in [0.15, 0.2) is 0 Å². The molecule has 8 nitrogen and oxygen atoms in total. The van der Waals surface area contributed by atoms with Crippen molar-refractivity contribution < 1.29 is 28.9 Å². The van der Waals surface area contributed by atoms with Gasteiger partial charge < -0.3 is 30.0 Å². The number of carbonyl (C=O) groups excluding carboxylic acids is 2. The molecule has 6 fully saturated rings. The summed E-state index contributed by atoms with van der Waals surface area (Å²) in [5.74, 6) is 1.86. The molecule has 5 aliphatic carbocycles. The third-order valence-corrected chi connectivity index (χ3v) is 15.4. The molecule has 8 unspecified atom stereocenters. The van der Waals surface area contributed by atoms with Crippen LogP contribution in [0.1, 0.15) is 113 Å². The lowest BCUT2D eigenvalue weighted by Gasteiger charge is -2.63. The first-order chi connectivity index (χ1) is 20.6. The molecule has 8 heteroatoms. The van der Waals surface area contributed by atoms with Crippen molar-refractivity contribution in [2.24, 2.45) is 62.4 Å². The second-order valence-electron chi connectivity index (χ2n) is 17.4. The fourth-order valence-corrected chi connectivity index (χ4v) is 12.8. The number of aliphatic hydroxyl groups is 1. The molecule has 1 saturated heterocycles. The Labute approximate surface area is 265 Å². The van der Waals surface area contributed by atoms with Gasteiger partial charge in [-0.2, -0.15) is 0 Å². The molecular weight excluding hydrogens is 556 g/mol. The van der Waals surface area contributed by atoms with Gasteiger partial charge in [0.1, 0.15) is 12.2 Å². The number of likely N-dealkylation sites (tertiary alicyclic amines) is 1. The number of nitrogens with zero attached hydrogens (tertiary/aromatic N) is 1. The van der Waals surface area contributed by atoms with Gasteiger partial charge in [-0.25, -0.2) is 9.59 Å². The van der Waals surface area contributed by atoms with Gasteiger partial charge in [0.25, 0.3) is 0 Å². The zero-order valence-electron chi connectivity index (χ0n) is 28.7. The summed E-state index contributed by atoms with van der Waals surface area (Å²) in [4.78, 5) is 26.3. The third kappa shape index (κ3) is 4.34. The molecule has 1 heterocycles. The quantitative estimate of drug-likeness (QED) is 0.311. The van der Waals surface area contributed by atoms with Gasteiger partial charge >= 0.3 is 12.2 Å². The Bertz CT molecular complexity index is 1140. The van der Waals surface area contributed by atoms with Crippen LogP contribution in [0, 0.1) is 56.7 Å². The second kappa shape index (κ2) is 10.7. The monoisotopic (exact) mass is 616 g/mol. The highest BCUT2D eigenvalue weighted by Gasteiger charge is 2.83. The molecule has 3 N–H and O–H groups in total. The Morgan fingerprint density at radius 2 is 1.64 bits per heavy atom. The number of nitrogens with two attached hydrogens (primary N) is 1. The SMILES string of the molecule is COC(C[C@@H](C)[C@H]1C[C@H](O)C2(C)C3CC[C@H]4C(C)(C)C(OC(N)=O)CCC45CC35CCC12C)C(OC(=O)N1CCC1)C(C)C. The number of hydrogen-bond acceptors (Lipinski definition) is 6. The number of primary amides is 1. The smallest absolute Gasteiger partial charge is 0.410 e. The highest BCUT2D eigenvalue weighted by molar-refractivity contribution is 5.68. The fourth-order valence-electron chi connectivity index (χ4n) is 12.8. The molecule has 5 saturated carbocycles. The van der Waals surface area contributed by atoms with Crippen molar-refractivity contribution >= 4 is 12.2 Å². The van der Waals surface area contributed by atoms with Crippen LogP contribution in [-0.4, -0.2) is 66.8 Å². The van der Waals surface area contributed by atoms with Crippen molar-refractivity contribution in [1.29, 1.82) is 0 Å². The van der Waals surface area contributed by atoms with Crippen molar-refractivity contribution in [2.45, 2.75) is 137 Å². The molecule has 0 aromatic carbocycles. The van der Waals surface area contributed by atoms with Gasteiger partial charge in [0.2, 0.25) is 0 Å². The number of rotatable bonds is 8. The number of amides is 2. The van der Waals surface area contributed by atoms with Gasteiger partial charge in [-0.15, -0.1) is 0 Å². The van der Waals surface area contributed by atoms with Gasteiger partial charge in [-0.3, -0.25) is 0 Å². The summed E-state index contributed by atoms with van der Waals surface area (Å²) >= 11 is 0. The predicted octanol–water partition coefficient (Wildman–Crippen LogP) is 6.77. The minimum Gasteiger partial charge on any atom is -0.446 e. The normalized spacial score (nSPS) is 45.5. The van der Waals surface area contributed by atoms with Gasteiger partial charge in [0, 0.05) is 31.0 Å². The van der Waals surface area contributed by atoms with E-state index in [0.717, 1.165) is 64.5 Å². The molecule has 0 aromatic heterocycles. The Balaban J connectivity index is 1.21. The van der Waals surface area contributed by atoms with E-state index in [-0.39, 0.29) is 63.5 Å². The summed E-state index contributed by atoms with van der Waals surface area (Å²) in [5.41, 5.74) is 5.84. The van der Waals surface area contributed by atoms with Crippen molar-refractivity contribution in [1.82, 2.24) is 4.90 Å². The van der Waals surface area contributed by atoms with Crippen LogP contribution < -0.4 is 5.73 Å². The summed E-state index contributed by atoms with van der Waals surface area (Å²) < 4.78 is 17.8. The molecule has 12 atom stereocenters.